The molecule has 0 N–H and O–H groups in total. The first-order valence-corrected chi connectivity index (χ1v) is 4.80. The minimum absolute atomic E-state index is 0.0314. The van der Waals surface area contributed by atoms with E-state index in [-0.39, 0.29) is 36.8 Å². The predicted octanol–water partition coefficient (Wildman–Crippen LogP) is -1.44. The van der Waals surface area contributed by atoms with Gasteiger partial charge in [0.25, 0.3) is 0 Å². The van der Waals surface area contributed by atoms with Crippen LogP contribution in [0.4, 0.5) is 0 Å². The fraction of sp³-hybridized carbons (Fsp3) is 0.300. The van der Waals surface area contributed by atoms with Gasteiger partial charge >= 0.3 is 0 Å². The lowest BCUT2D eigenvalue weighted by molar-refractivity contribution is -0.299. The summed E-state index contributed by atoms with van der Waals surface area (Å²) in [5.74, 6) is -1.92. The van der Waals surface area contributed by atoms with Crippen molar-refractivity contribution in [2.24, 2.45) is 0 Å². The Morgan fingerprint density at radius 2 is 1.88 bits per heavy atom. The van der Waals surface area contributed by atoms with Crippen molar-refractivity contribution in [2.75, 3.05) is 6.54 Å². The summed E-state index contributed by atoms with van der Waals surface area (Å²) < 4.78 is 0. The molecule has 6 heteroatoms. The van der Waals surface area contributed by atoms with Gasteiger partial charge in [-0.05, 0) is 11.6 Å². The highest BCUT2D eigenvalue weighted by atomic mass is 16.4. The van der Waals surface area contributed by atoms with Gasteiger partial charge in [0, 0.05) is 19.0 Å². The molecule has 16 heavy (non-hydrogen) atoms. The van der Waals surface area contributed by atoms with Crippen LogP contribution >= 0.6 is 0 Å². The summed E-state index contributed by atoms with van der Waals surface area (Å²) in [4.78, 5) is 33.5. The van der Waals surface area contributed by atoms with Gasteiger partial charge in [0.15, 0.2) is 0 Å². The molecule has 0 saturated carbocycles. The van der Waals surface area contributed by atoms with E-state index in [1.807, 2.05) is 0 Å². The second-order valence-electron chi connectivity index (χ2n) is 3.52. The molecule has 0 aliphatic carbocycles. The van der Waals surface area contributed by atoms with Crippen molar-refractivity contribution < 1.29 is 19.5 Å². The minimum Gasteiger partial charge on any atom is -0.545 e. The van der Waals surface area contributed by atoms with Crippen LogP contribution in [0.15, 0.2) is 23.9 Å². The van der Waals surface area contributed by atoms with Crippen molar-refractivity contribution in [1.29, 1.82) is 0 Å². The monoisotopic (exact) mass is 221 g/mol. The maximum Gasteiger partial charge on any atom is 0.248 e. The molecule has 0 aromatic carbocycles. The van der Waals surface area contributed by atoms with E-state index in [0.717, 1.165) is 5.01 Å². The zero-order chi connectivity index (χ0) is 11.7. The Hall–Kier alpha value is -2.11. The normalized spacial score (nSPS) is 20.4. The molecule has 2 rings (SSSR count). The lowest BCUT2D eigenvalue weighted by Gasteiger charge is -2.31. The summed E-state index contributed by atoms with van der Waals surface area (Å²) in [5.41, 5.74) is 0.0370. The van der Waals surface area contributed by atoms with E-state index < -0.39 is 5.97 Å². The van der Waals surface area contributed by atoms with Crippen LogP contribution in [-0.4, -0.2) is 34.3 Å². The maximum absolute atomic E-state index is 11.4. The lowest BCUT2D eigenvalue weighted by Crippen LogP contribution is -2.46. The Morgan fingerprint density at radius 3 is 2.44 bits per heavy atom. The molecule has 1 saturated heterocycles. The van der Waals surface area contributed by atoms with E-state index in [9.17, 15) is 19.5 Å². The fourth-order valence-corrected chi connectivity index (χ4v) is 1.66. The maximum atomic E-state index is 11.4. The standard InChI is InChI=1S/C10H10N2O4/c13-8-3-4-9(14)12(8)11-5-1-2-7(6-11)10(15)16/h1-2,5H,3-4,6H2,(H,15,16)/p-1. The molecular formula is C10H9N2O4-. The Kier molecular flexibility index (Phi) is 2.47. The molecular weight excluding hydrogens is 212 g/mol. The zero-order valence-electron chi connectivity index (χ0n) is 8.38. The van der Waals surface area contributed by atoms with Gasteiger partial charge in [0.2, 0.25) is 11.8 Å². The molecule has 0 radical (unpaired) electrons. The highest BCUT2D eigenvalue weighted by Crippen LogP contribution is 2.18. The Bertz CT molecular complexity index is 409. The van der Waals surface area contributed by atoms with Crippen LogP contribution in [0.5, 0.6) is 0 Å². The van der Waals surface area contributed by atoms with Gasteiger partial charge in [-0.25, -0.2) is 0 Å². The summed E-state index contributed by atoms with van der Waals surface area (Å²) in [5, 5.41) is 12.9. The van der Waals surface area contributed by atoms with Crippen LogP contribution in [-0.2, 0) is 14.4 Å². The summed E-state index contributed by atoms with van der Waals surface area (Å²) in [7, 11) is 0. The minimum atomic E-state index is -1.30. The van der Waals surface area contributed by atoms with Crippen molar-refractivity contribution in [1.82, 2.24) is 10.0 Å². The molecule has 0 aromatic rings. The summed E-state index contributed by atoms with van der Waals surface area (Å²) >= 11 is 0. The molecule has 0 atom stereocenters. The number of amides is 2. The number of hydrazine groups is 1. The van der Waals surface area contributed by atoms with Gasteiger partial charge in [-0.3, -0.25) is 14.6 Å². The highest BCUT2D eigenvalue weighted by molar-refractivity contribution is 6.01. The van der Waals surface area contributed by atoms with Crippen LogP contribution < -0.4 is 5.11 Å². The summed E-state index contributed by atoms with van der Waals surface area (Å²) in [6.45, 7) is -0.0314. The van der Waals surface area contributed by atoms with E-state index in [4.69, 9.17) is 0 Å². The molecule has 0 unspecified atom stereocenters. The van der Waals surface area contributed by atoms with Crippen molar-refractivity contribution >= 4 is 17.8 Å². The largest absolute Gasteiger partial charge is 0.545 e. The topological polar surface area (TPSA) is 80.8 Å². The van der Waals surface area contributed by atoms with Crippen LogP contribution in [0.25, 0.3) is 0 Å². The van der Waals surface area contributed by atoms with Crippen LogP contribution in [0, 0.1) is 0 Å². The van der Waals surface area contributed by atoms with Crippen molar-refractivity contribution in [3.63, 3.8) is 0 Å². The van der Waals surface area contributed by atoms with Crippen molar-refractivity contribution in [3.05, 3.63) is 23.9 Å². The number of hydrogen-bond acceptors (Lipinski definition) is 5. The molecule has 0 spiro atoms. The highest BCUT2D eigenvalue weighted by Gasteiger charge is 2.33. The van der Waals surface area contributed by atoms with Crippen LogP contribution in [0.2, 0.25) is 0 Å². The van der Waals surface area contributed by atoms with Crippen molar-refractivity contribution in [3.8, 4) is 0 Å². The first-order valence-electron chi connectivity index (χ1n) is 4.80. The first kappa shape index (κ1) is 10.4. The Balaban J connectivity index is 2.16. The van der Waals surface area contributed by atoms with Crippen molar-refractivity contribution in [2.45, 2.75) is 12.8 Å². The van der Waals surface area contributed by atoms with Gasteiger partial charge in [-0.2, -0.15) is 5.01 Å². The molecule has 6 nitrogen and oxygen atoms in total. The molecule has 0 bridgehead atoms. The third-order valence-electron chi connectivity index (χ3n) is 2.43. The summed E-state index contributed by atoms with van der Waals surface area (Å²) in [6, 6.07) is 0. The number of carbonyl (C=O) groups excluding carboxylic acids is 3. The summed E-state index contributed by atoms with van der Waals surface area (Å²) in [6.07, 6.45) is 4.69. The van der Waals surface area contributed by atoms with E-state index >= 15 is 0 Å². The number of rotatable bonds is 2. The molecule has 84 valence electrons. The number of carboxylic acids is 1. The third-order valence-corrected chi connectivity index (χ3v) is 2.43. The van der Waals surface area contributed by atoms with E-state index in [1.54, 1.807) is 0 Å². The fourth-order valence-electron chi connectivity index (χ4n) is 1.66. The quantitative estimate of drug-likeness (QED) is 0.533. The third kappa shape index (κ3) is 1.69. The molecule has 2 heterocycles. The average Bonchev–Trinajstić information content (AvgIpc) is 2.59. The van der Waals surface area contributed by atoms with Crippen LogP contribution in [0.1, 0.15) is 12.8 Å². The van der Waals surface area contributed by atoms with E-state index in [0.29, 0.717) is 0 Å². The first-order chi connectivity index (χ1) is 7.59. The second-order valence-corrected chi connectivity index (χ2v) is 3.52. The lowest BCUT2D eigenvalue weighted by atomic mass is 10.2. The predicted molar refractivity (Wildman–Crippen MR) is 50.0 cm³/mol. The zero-order valence-corrected chi connectivity index (χ0v) is 8.38. The second kappa shape index (κ2) is 3.80. The smallest absolute Gasteiger partial charge is 0.248 e. The molecule has 0 aromatic heterocycles. The number of imide groups is 1. The molecule has 2 aliphatic heterocycles. The molecule has 2 amide bonds. The number of allylic oxidation sites excluding steroid dienone is 2. The molecule has 1 fully saturated rings. The molecule has 2 aliphatic rings. The SMILES string of the molecule is O=C([O-])C1=CC=CN(N2C(=O)CCC2=O)C1. The number of carboxylic acid groups (broad SMARTS) is 1. The van der Waals surface area contributed by atoms with Gasteiger partial charge < -0.3 is 9.90 Å². The van der Waals surface area contributed by atoms with Gasteiger partial charge in [0.05, 0.1) is 12.5 Å². The van der Waals surface area contributed by atoms with Gasteiger partial charge in [0.1, 0.15) is 0 Å². The van der Waals surface area contributed by atoms with Crippen LogP contribution in [0.3, 0.4) is 0 Å². The van der Waals surface area contributed by atoms with E-state index in [2.05, 4.69) is 0 Å². The van der Waals surface area contributed by atoms with Gasteiger partial charge in [-0.15, -0.1) is 0 Å². The number of hydrogen-bond donors (Lipinski definition) is 0. The Labute approximate surface area is 91.4 Å². The number of carbonyl (C=O) groups is 3. The van der Waals surface area contributed by atoms with Gasteiger partial charge in [-0.1, -0.05) is 6.08 Å². The average molecular weight is 221 g/mol. The van der Waals surface area contributed by atoms with E-state index in [1.165, 1.54) is 23.4 Å². The number of aliphatic carboxylic acids is 1. The Morgan fingerprint density at radius 1 is 1.25 bits per heavy atom. The number of nitrogens with zero attached hydrogens (tertiary/aromatic N) is 2.